The van der Waals surface area contributed by atoms with Crippen LogP contribution < -0.4 is 0 Å². The van der Waals surface area contributed by atoms with Crippen LogP contribution in [0.15, 0.2) is 0 Å². The smallest absolute Gasteiger partial charge is 0.411 e. The summed E-state index contributed by atoms with van der Waals surface area (Å²) in [6, 6.07) is 0.322. The van der Waals surface area contributed by atoms with E-state index in [0.717, 1.165) is 65.3 Å². The molecule has 3 fully saturated rings. The van der Waals surface area contributed by atoms with Crippen LogP contribution in [0.2, 0.25) is 0 Å². The Morgan fingerprint density at radius 2 is 1.75 bits per heavy atom. The summed E-state index contributed by atoms with van der Waals surface area (Å²) in [5, 5.41) is 8.89. The lowest BCUT2D eigenvalue weighted by Crippen LogP contribution is -2.58. The Kier molecular flexibility index (Phi) is 7.50. The average molecular weight is 398 g/mol. The number of amides is 1. The molecule has 2 unspecified atom stereocenters. The summed E-state index contributed by atoms with van der Waals surface area (Å²) < 4.78 is 5.59. The molecular formula is C19H35N5O4. The molecule has 0 aliphatic carbocycles. The number of carbonyl (C=O) groups excluding carboxylic acids is 1. The molecule has 0 aromatic heterocycles. The third-order valence-electron chi connectivity index (χ3n) is 6.20. The topological polar surface area (TPSA) is 79.8 Å². The van der Waals surface area contributed by atoms with Gasteiger partial charge in [-0.15, -0.1) is 0 Å². The van der Waals surface area contributed by atoms with Crippen molar-refractivity contribution < 1.29 is 19.4 Å². The lowest BCUT2D eigenvalue weighted by atomic mass is 10.1. The molecule has 0 bridgehead atoms. The van der Waals surface area contributed by atoms with Crippen LogP contribution in [0.3, 0.4) is 0 Å². The summed E-state index contributed by atoms with van der Waals surface area (Å²) >= 11 is 0. The van der Waals surface area contributed by atoms with Crippen molar-refractivity contribution in [2.24, 2.45) is 0 Å². The molecule has 0 spiro atoms. The molecule has 1 amide bonds. The lowest BCUT2D eigenvalue weighted by Gasteiger charge is -2.44. The van der Waals surface area contributed by atoms with Gasteiger partial charge in [0.15, 0.2) is 6.23 Å². The lowest BCUT2D eigenvalue weighted by molar-refractivity contribution is -0.137. The van der Waals surface area contributed by atoms with Crippen LogP contribution in [0.5, 0.6) is 0 Å². The summed E-state index contributed by atoms with van der Waals surface area (Å²) in [5.74, 6) is -0.730. The molecule has 3 aliphatic heterocycles. The first kappa shape index (κ1) is 21.3. The third kappa shape index (κ3) is 5.79. The van der Waals surface area contributed by atoms with E-state index in [1.165, 1.54) is 0 Å². The SMILES string of the molecule is CN1CCN(CCC2CN(CCCC(=O)O)CCN2C2CN(C)C(=O)O2)CC1. The Bertz CT molecular complexity index is 540. The molecular weight excluding hydrogens is 362 g/mol. The van der Waals surface area contributed by atoms with E-state index >= 15 is 0 Å². The molecule has 160 valence electrons. The molecule has 3 heterocycles. The van der Waals surface area contributed by atoms with Crippen LogP contribution in [-0.4, -0.2) is 133 Å². The van der Waals surface area contributed by atoms with Crippen LogP contribution >= 0.6 is 0 Å². The zero-order chi connectivity index (χ0) is 20.1. The standard InChI is InChI=1S/C19H35N5O4/c1-20-8-10-22(11-9-20)7-5-16-14-23(6-3-4-18(25)26)12-13-24(16)17-15-21(2)19(27)28-17/h16-17H,3-15H2,1-2H3,(H,25,26). The van der Waals surface area contributed by atoms with Crippen molar-refractivity contribution >= 4 is 12.1 Å². The molecule has 0 aromatic rings. The maximum atomic E-state index is 11.8. The van der Waals surface area contributed by atoms with Crippen molar-refractivity contribution in [1.82, 2.24) is 24.5 Å². The summed E-state index contributed by atoms with van der Waals surface area (Å²) in [5.41, 5.74) is 0. The average Bonchev–Trinajstić information content (AvgIpc) is 2.99. The van der Waals surface area contributed by atoms with Crippen molar-refractivity contribution in [3.63, 3.8) is 0 Å². The fourth-order valence-corrected chi connectivity index (χ4v) is 4.35. The highest BCUT2D eigenvalue weighted by Crippen LogP contribution is 2.22. The summed E-state index contributed by atoms with van der Waals surface area (Å²) in [7, 11) is 3.95. The van der Waals surface area contributed by atoms with Crippen molar-refractivity contribution in [1.29, 1.82) is 0 Å². The first-order chi connectivity index (χ1) is 13.4. The van der Waals surface area contributed by atoms with E-state index in [4.69, 9.17) is 9.84 Å². The van der Waals surface area contributed by atoms with Gasteiger partial charge in [0, 0.05) is 65.3 Å². The molecule has 2 atom stereocenters. The van der Waals surface area contributed by atoms with Gasteiger partial charge in [-0.1, -0.05) is 0 Å². The highest BCUT2D eigenvalue weighted by atomic mass is 16.6. The summed E-state index contributed by atoms with van der Waals surface area (Å²) in [6.07, 6.45) is 1.53. The number of ether oxygens (including phenoxy) is 1. The number of rotatable bonds is 8. The highest BCUT2D eigenvalue weighted by molar-refractivity contribution is 5.69. The molecule has 9 heteroatoms. The minimum atomic E-state index is -0.730. The van der Waals surface area contributed by atoms with Crippen LogP contribution in [0.25, 0.3) is 0 Å². The first-order valence-electron chi connectivity index (χ1n) is 10.4. The molecule has 0 saturated carbocycles. The minimum Gasteiger partial charge on any atom is -0.481 e. The molecule has 1 N–H and O–H groups in total. The number of hydrogen-bond donors (Lipinski definition) is 1. The van der Waals surface area contributed by atoms with E-state index in [1.807, 2.05) is 0 Å². The first-order valence-corrected chi connectivity index (χ1v) is 10.4. The van der Waals surface area contributed by atoms with Gasteiger partial charge < -0.3 is 29.4 Å². The number of piperazine rings is 2. The second-order valence-electron chi connectivity index (χ2n) is 8.34. The second kappa shape index (κ2) is 9.87. The van der Waals surface area contributed by atoms with Crippen molar-refractivity contribution in [2.75, 3.05) is 79.5 Å². The third-order valence-corrected chi connectivity index (χ3v) is 6.20. The predicted octanol–water partition coefficient (Wildman–Crippen LogP) is -0.117. The van der Waals surface area contributed by atoms with Gasteiger partial charge in [-0.05, 0) is 33.0 Å². The van der Waals surface area contributed by atoms with Gasteiger partial charge in [-0.25, -0.2) is 4.79 Å². The summed E-state index contributed by atoms with van der Waals surface area (Å²) in [4.78, 5) is 33.9. The number of carboxylic acids is 1. The Morgan fingerprint density at radius 3 is 2.39 bits per heavy atom. The molecule has 3 aliphatic rings. The van der Waals surface area contributed by atoms with Crippen LogP contribution in [0.1, 0.15) is 19.3 Å². The zero-order valence-electron chi connectivity index (χ0n) is 17.3. The van der Waals surface area contributed by atoms with E-state index < -0.39 is 5.97 Å². The number of aliphatic carboxylic acids is 1. The zero-order valence-corrected chi connectivity index (χ0v) is 17.3. The summed E-state index contributed by atoms with van der Waals surface area (Å²) in [6.45, 7) is 9.56. The van der Waals surface area contributed by atoms with Gasteiger partial charge in [-0.2, -0.15) is 0 Å². The van der Waals surface area contributed by atoms with Gasteiger partial charge in [0.25, 0.3) is 0 Å². The monoisotopic (exact) mass is 397 g/mol. The largest absolute Gasteiger partial charge is 0.481 e. The number of nitrogens with zero attached hydrogens (tertiary/aromatic N) is 5. The van der Waals surface area contributed by atoms with E-state index in [1.54, 1.807) is 11.9 Å². The van der Waals surface area contributed by atoms with Gasteiger partial charge in [0.1, 0.15) is 0 Å². The van der Waals surface area contributed by atoms with Gasteiger partial charge in [0.05, 0.1) is 6.54 Å². The Balaban J connectivity index is 1.55. The predicted molar refractivity (Wildman–Crippen MR) is 105 cm³/mol. The Morgan fingerprint density at radius 1 is 1.04 bits per heavy atom. The molecule has 0 aromatic carbocycles. The van der Waals surface area contributed by atoms with Gasteiger partial charge in [0.2, 0.25) is 0 Å². The quantitative estimate of drug-likeness (QED) is 0.608. The van der Waals surface area contributed by atoms with Crippen molar-refractivity contribution in [3.8, 4) is 0 Å². The Hall–Kier alpha value is -1.42. The molecule has 3 saturated heterocycles. The van der Waals surface area contributed by atoms with Gasteiger partial charge in [-0.3, -0.25) is 9.69 Å². The van der Waals surface area contributed by atoms with Crippen LogP contribution in [-0.2, 0) is 9.53 Å². The highest BCUT2D eigenvalue weighted by Gasteiger charge is 2.39. The van der Waals surface area contributed by atoms with E-state index in [9.17, 15) is 9.59 Å². The number of carboxylic acid groups (broad SMARTS) is 1. The van der Waals surface area contributed by atoms with Crippen LogP contribution in [0, 0.1) is 0 Å². The number of carbonyl (C=O) groups is 2. The van der Waals surface area contributed by atoms with Crippen molar-refractivity contribution in [3.05, 3.63) is 0 Å². The second-order valence-corrected chi connectivity index (χ2v) is 8.34. The van der Waals surface area contributed by atoms with E-state index in [-0.39, 0.29) is 18.7 Å². The maximum absolute atomic E-state index is 11.8. The van der Waals surface area contributed by atoms with Crippen molar-refractivity contribution in [2.45, 2.75) is 31.5 Å². The fraction of sp³-hybridized carbons (Fsp3) is 0.895. The Labute approximate surface area is 167 Å². The maximum Gasteiger partial charge on any atom is 0.411 e. The van der Waals surface area contributed by atoms with Crippen LogP contribution in [0.4, 0.5) is 4.79 Å². The van der Waals surface area contributed by atoms with Gasteiger partial charge >= 0.3 is 12.1 Å². The molecule has 28 heavy (non-hydrogen) atoms. The number of likely N-dealkylation sites (N-methyl/N-ethyl adjacent to an activating group) is 2. The molecule has 3 rings (SSSR count). The minimum absolute atomic E-state index is 0.170. The number of cyclic esters (lactones) is 1. The normalized spacial score (nSPS) is 28.6. The fourth-order valence-electron chi connectivity index (χ4n) is 4.35. The van der Waals surface area contributed by atoms with E-state index in [0.29, 0.717) is 19.0 Å². The van der Waals surface area contributed by atoms with E-state index in [2.05, 4.69) is 26.6 Å². The number of hydrogen-bond acceptors (Lipinski definition) is 7. The molecule has 0 radical (unpaired) electrons. The molecule has 9 nitrogen and oxygen atoms in total.